The number of aromatic nitrogens is 1. The average molecular weight is 226 g/mol. The zero-order valence-corrected chi connectivity index (χ0v) is 11.2. The fourth-order valence-electron chi connectivity index (χ4n) is 1.55. The lowest BCUT2D eigenvalue weighted by molar-refractivity contribution is 0.553. The molecule has 0 bridgehead atoms. The molecule has 0 amide bonds. The first kappa shape index (κ1) is 12.7. The van der Waals surface area contributed by atoms with Crippen LogP contribution in [0.25, 0.3) is 0 Å². The Bertz CT molecular complexity index is 321. The summed E-state index contributed by atoms with van der Waals surface area (Å²) in [4.78, 5) is 5.96. The van der Waals surface area contributed by atoms with Gasteiger partial charge in [0.25, 0.3) is 0 Å². The number of aryl methyl sites for hydroxylation is 1. The summed E-state index contributed by atoms with van der Waals surface area (Å²) in [5, 5.41) is 1.23. The molecule has 3 heteroatoms. The van der Waals surface area contributed by atoms with Crippen LogP contribution in [0.5, 0.6) is 0 Å². The lowest BCUT2D eigenvalue weighted by atomic mass is 9.98. The number of hydrogen-bond acceptors (Lipinski definition) is 3. The van der Waals surface area contributed by atoms with E-state index >= 15 is 0 Å². The van der Waals surface area contributed by atoms with Gasteiger partial charge in [0.1, 0.15) is 0 Å². The highest BCUT2D eigenvalue weighted by atomic mass is 32.1. The van der Waals surface area contributed by atoms with Gasteiger partial charge in [0.05, 0.1) is 10.7 Å². The van der Waals surface area contributed by atoms with E-state index in [9.17, 15) is 0 Å². The largest absolute Gasteiger partial charge is 0.321 e. The average Bonchev–Trinajstić information content (AvgIpc) is 2.48. The second-order valence-corrected chi connectivity index (χ2v) is 6.03. The van der Waals surface area contributed by atoms with Crippen molar-refractivity contribution in [3.8, 4) is 0 Å². The molecule has 0 fully saturated rings. The van der Waals surface area contributed by atoms with E-state index in [-0.39, 0.29) is 5.54 Å². The van der Waals surface area contributed by atoms with Gasteiger partial charge in [-0.2, -0.15) is 0 Å². The van der Waals surface area contributed by atoms with Crippen molar-refractivity contribution in [3.05, 3.63) is 15.6 Å². The summed E-state index contributed by atoms with van der Waals surface area (Å²) < 4.78 is 0. The molecule has 1 aromatic heterocycles. The Kier molecular flexibility index (Phi) is 3.90. The fraction of sp³-hybridized carbons (Fsp3) is 0.750. The van der Waals surface area contributed by atoms with Crippen LogP contribution in [0, 0.1) is 0 Å². The summed E-state index contributed by atoms with van der Waals surface area (Å²) in [5.74, 6) is 0.463. The molecule has 0 unspecified atom stereocenters. The molecule has 1 rings (SSSR count). The topological polar surface area (TPSA) is 38.9 Å². The number of rotatable bonds is 4. The molecule has 0 spiro atoms. The second kappa shape index (κ2) is 4.62. The summed E-state index contributed by atoms with van der Waals surface area (Å²) >= 11 is 1.78. The number of nitrogens with zero attached hydrogens (tertiary/aromatic N) is 1. The maximum absolute atomic E-state index is 6.18. The molecule has 2 N–H and O–H groups in total. The predicted octanol–water partition coefficient (Wildman–Crippen LogP) is 3.41. The zero-order valence-electron chi connectivity index (χ0n) is 10.4. The van der Waals surface area contributed by atoms with E-state index in [1.54, 1.807) is 11.3 Å². The van der Waals surface area contributed by atoms with Crippen LogP contribution in [-0.2, 0) is 12.0 Å². The van der Waals surface area contributed by atoms with Crippen molar-refractivity contribution in [1.82, 2.24) is 4.98 Å². The molecule has 0 aromatic carbocycles. The van der Waals surface area contributed by atoms with Crippen LogP contribution in [0.4, 0.5) is 0 Å². The van der Waals surface area contributed by atoms with Crippen molar-refractivity contribution in [2.45, 2.75) is 58.9 Å². The highest BCUT2D eigenvalue weighted by Gasteiger charge is 2.24. The van der Waals surface area contributed by atoms with E-state index in [1.165, 1.54) is 15.6 Å². The van der Waals surface area contributed by atoms with Crippen LogP contribution < -0.4 is 5.73 Å². The smallest absolute Gasteiger partial charge is 0.0931 e. The van der Waals surface area contributed by atoms with Gasteiger partial charge in [-0.3, -0.25) is 0 Å². The summed E-state index contributed by atoms with van der Waals surface area (Å²) in [6.07, 6.45) is 2.22. The van der Waals surface area contributed by atoms with Crippen molar-refractivity contribution in [2.24, 2.45) is 5.73 Å². The van der Waals surface area contributed by atoms with Gasteiger partial charge in [0.2, 0.25) is 0 Å². The van der Waals surface area contributed by atoms with Gasteiger partial charge in [-0.1, -0.05) is 20.8 Å². The lowest BCUT2D eigenvalue weighted by Gasteiger charge is -2.19. The monoisotopic (exact) mass is 226 g/mol. The summed E-state index contributed by atoms with van der Waals surface area (Å²) in [6.45, 7) is 10.7. The Morgan fingerprint density at radius 1 is 1.40 bits per heavy atom. The maximum atomic E-state index is 6.18. The standard InChI is InChI=1S/C12H22N2S/c1-6-7-9-14-10(8(2)3)11(15-9)12(4,5)13/h8H,6-7,13H2,1-5H3. The minimum atomic E-state index is -0.261. The van der Waals surface area contributed by atoms with E-state index in [0.29, 0.717) is 5.92 Å². The molecule has 0 aliphatic carbocycles. The Balaban J connectivity index is 3.12. The molecule has 0 radical (unpaired) electrons. The van der Waals surface area contributed by atoms with Crippen molar-refractivity contribution >= 4 is 11.3 Å². The third-order valence-electron chi connectivity index (χ3n) is 2.29. The second-order valence-electron chi connectivity index (χ2n) is 4.95. The Labute approximate surface area is 96.9 Å². The van der Waals surface area contributed by atoms with Crippen LogP contribution in [0.3, 0.4) is 0 Å². The van der Waals surface area contributed by atoms with Crippen LogP contribution in [-0.4, -0.2) is 4.98 Å². The van der Waals surface area contributed by atoms with Gasteiger partial charge in [0, 0.05) is 10.4 Å². The zero-order chi connectivity index (χ0) is 11.6. The van der Waals surface area contributed by atoms with Gasteiger partial charge >= 0.3 is 0 Å². The molecular formula is C12H22N2S. The number of nitrogens with two attached hydrogens (primary N) is 1. The summed E-state index contributed by atoms with van der Waals surface area (Å²) in [7, 11) is 0. The van der Waals surface area contributed by atoms with Crippen molar-refractivity contribution < 1.29 is 0 Å². The Morgan fingerprint density at radius 2 is 2.00 bits per heavy atom. The molecule has 0 saturated heterocycles. The molecule has 2 nitrogen and oxygen atoms in total. The number of hydrogen-bond donors (Lipinski definition) is 1. The van der Waals surface area contributed by atoms with Gasteiger partial charge < -0.3 is 5.73 Å². The van der Waals surface area contributed by atoms with Crippen molar-refractivity contribution in [3.63, 3.8) is 0 Å². The first-order valence-electron chi connectivity index (χ1n) is 5.65. The quantitative estimate of drug-likeness (QED) is 0.854. The van der Waals surface area contributed by atoms with Gasteiger partial charge in [-0.15, -0.1) is 11.3 Å². The molecule has 86 valence electrons. The molecule has 0 aliphatic rings. The fourth-order valence-corrected chi connectivity index (χ4v) is 2.89. The molecule has 0 aliphatic heterocycles. The first-order chi connectivity index (χ1) is 6.86. The van der Waals surface area contributed by atoms with Crippen LogP contribution in [0.1, 0.15) is 62.5 Å². The molecule has 0 atom stereocenters. The highest BCUT2D eigenvalue weighted by Crippen LogP contribution is 2.32. The maximum Gasteiger partial charge on any atom is 0.0931 e. The van der Waals surface area contributed by atoms with Gasteiger partial charge in [-0.05, 0) is 32.6 Å². The molecule has 0 saturated carbocycles. The van der Waals surface area contributed by atoms with E-state index in [4.69, 9.17) is 10.7 Å². The Morgan fingerprint density at radius 3 is 2.33 bits per heavy atom. The third-order valence-corrected chi connectivity index (χ3v) is 3.76. The summed E-state index contributed by atoms with van der Waals surface area (Å²) in [6, 6.07) is 0. The first-order valence-corrected chi connectivity index (χ1v) is 6.46. The third kappa shape index (κ3) is 3.02. The lowest BCUT2D eigenvalue weighted by Crippen LogP contribution is -2.28. The van der Waals surface area contributed by atoms with E-state index < -0.39 is 0 Å². The van der Waals surface area contributed by atoms with E-state index in [2.05, 4.69) is 34.6 Å². The molecule has 1 aromatic rings. The molecular weight excluding hydrogens is 204 g/mol. The predicted molar refractivity (Wildman–Crippen MR) is 67.4 cm³/mol. The van der Waals surface area contributed by atoms with E-state index in [1.807, 2.05) is 0 Å². The van der Waals surface area contributed by atoms with Crippen LogP contribution in [0.15, 0.2) is 0 Å². The summed E-state index contributed by atoms with van der Waals surface area (Å²) in [5.41, 5.74) is 7.11. The van der Waals surface area contributed by atoms with Crippen LogP contribution >= 0.6 is 11.3 Å². The van der Waals surface area contributed by atoms with Gasteiger partial charge in [-0.25, -0.2) is 4.98 Å². The molecule has 15 heavy (non-hydrogen) atoms. The highest BCUT2D eigenvalue weighted by molar-refractivity contribution is 7.11. The van der Waals surface area contributed by atoms with Crippen molar-refractivity contribution in [2.75, 3.05) is 0 Å². The Hall–Kier alpha value is -0.410. The normalized spacial score (nSPS) is 12.5. The number of thiazole rings is 1. The van der Waals surface area contributed by atoms with Gasteiger partial charge in [0.15, 0.2) is 0 Å². The minimum absolute atomic E-state index is 0.261. The van der Waals surface area contributed by atoms with E-state index in [0.717, 1.165) is 12.8 Å². The SMILES string of the molecule is CCCc1nc(C(C)C)c(C(C)(C)N)s1. The minimum Gasteiger partial charge on any atom is -0.321 e. The molecule has 1 heterocycles. The van der Waals surface area contributed by atoms with Crippen LogP contribution in [0.2, 0.25) is 0 Å². The van der Waals surface area contributed by atoms with Crippen molar-refractivity contribution in [1.29, 1.82) is 0 Å².